The molecule has 2 heteroatoms. The van der Waals surface area contributed by atoms with E-state index in [1.165, 1.54) is 25.7 Å². The summed E-state index contributed by atoms with van der Waals surface area (Å²) in [6, 6.07) is 0. The quantitative estimate of drug-likeness (QED) is 0.532. The lowest BCUT2D eigenvalue weighted by molar-refractivity contribution is 0.623. The first-order valence-electron chi connectivity index (χ1n) is 5.70. The second kappa shape index (κ2) is 6.32. The number of hydrogen-bond donors (Lipinski definition) is 0. The molecule has 0 saturated heterocycles. The smallest absolute Gasteiger partial charge is 0.0207 e. The third-order valence-corrected chi connectivity index (χ3v) is 6.55. The van der Waals surface area contributed by atoms with Crippen molar-refractivity contribution in [2.45, 2.75) is 76.7 Å². The van der Waals surface area contributed by atoms with Gasteiger partial charge in [-0.15, -0.1) is 0 Å². The highest BCUT2D eigenvalue weighted by Gasteiger charge is 2.24. The summed E-state index contributed by atoms with van der Waals surface area (Å²) in [5.41, 5.74) is 0. The van der Waals surface area contributed by atoms with Gasteiger partial charge in [0, 0.05) is 9.49 Å². The van der Waals surface area contributed by atoms with Crippen molar-refractivity contribution in [1.82, 2.24) is 0 Å². The maximum atomic E-state index is 2.36. The van der Waals surface area contributed by atoms with E-state index >= 15 is 0 Å². The first kappa shape index (κ1) is 14.7. The molecule has 0 amide bonds. The summed E-state index contributed by atoms with van der Waals surface area (Å²) in [5, 5.41) is 0. The zero-order valence-electron chi connectivity index (χ0n) is 10.6. The van der Waals surface area contributed by atoms with Gasteiger partial charge in [-0.05, 0) is 40.5 Å². The van der Waals surface area contributed by atoms with Gasteiger partial charge in [-0.3, -0.25) is 0 Å². The molecule has 0 aliphatic rings. The molecule has 0 rings (SSSR count). The van der Waals surface area contributed by atoms with Crippen molar-refractivity contribution < 1.29 is 0 Å². The van der Waals surface area contributed by atoms with E-state index in [0.29, 0.717) is 9.49 Å². The Kier molecular flexibility index (Phi) is 6.63. The SMILES string of the molecule is CCCC(C)(C)SSC(C)(C)CCC. The zero-order chi connectivity index (χ0) is 11.2. The highest BCUT2D eigenvalue weighted by molar-refractivity contribution is 8.77. The van der Waals surface area contributed by atoms with E-state index in [9.17, 15) is 0 Å². The third-order valence-electron chi connectivity index (χ3n) is 2.20. The van der Waals surface area contributed by atoms with Crippen LogP contribution in [-0.4, -0.2) is 9.49 Å². The molecule has 0 atom stereocenters. The van der Waals surface area contributed by atoms with Gasteiger partial charge in [0.1, 0.15) is 0 Å². The predicted octanol–water partition coefficient (Wildman–Crippen LogP) is 5.53. The highest BCUT2D eigenvalue weighted by atomic mass is 33.1. The molecule has 0 aliphatic heterocycles. The molecule has 0 spiro atoms. The Morgan fingerprint density at radius 3 is 1.21 bits per heavy atom. The van der Waals surface area contributed by atoms with Crippen molar-refractivity contribution in [3.63, 3.8) is 0 Å². The average Bonchev–Trinajstić information content (AvgIpc) is 2.01. The number of hydrogen-bond acceptors (Lipinski definition) is 2. The van der Waals surface area contributed by atoms with Crippen LogP contribution in [0.25, 0.3) is 0 Å². The van der Waals surface area contributed by atoms with E-state index in [0.717, 1.165) is 0 Å². The Morgan fingerprint density at radius 1 is 0.714 bits per heavy atom. The van der Waals surface area contributed by atoms with Crippen molar-refractivity contribution in [1.29, 1.82) is 0 Å². The van der Waals surface area contributed by atoms with Crippen LogP contribution in [0.15, 0.2) is 0 Å². The molecule has 0 saturated carbocycles. The topological polar surface area (TPSA) is 0 Å². The molecular weight excluding hydrogens is 208 g/mol. The van der Waals surface area contributed by atoms with Gasteiger partial charge in [0.25, 0.3) is 0 Å². The molecule has 86 valence electrons. The first-order valence-corrected chi connectivity index (χ1v) is 7.85. The van der Waals surface area contributed by atoms with E-state index < -0.39 is 0 Å². The van der Waals surface area contributed by atoms with E-state index in [1.807, 2.05) is 0 Å². The maximum Gasteiger partial charge on any atom is 0.0207 e. The summed E-state index contributed by atoms with van der Waals surface area (Å²) >= 11 is 0. The normalized spacial score (nSPS) is 13.3. The van der Waals surface area contributed by atoms with E-state index in [4.69, 9.17) is 0 Å². The van der Waals surface area contributed by atoms with Gasteiger partial charge in [-0.1, -0.05) is 48.3 Å². The van der Waals surface area contributed by atoms with Crippen molar-refractivity contribution in [2.24, 2.45) is 0 Å². The summed E-state index contributed by atoms with van der Waals surface area (Å²) in [5.74, 6) is 0. The van der Waals surface area contributed by atoms with Crippen molar-refractivity contribution in [3.8, 4) is 0 Å². The molecule has 14 heavy (non-hydrogen) atoms. The summed E-state index contributed by atoms with van der Waals surface area (Å²) in [6.45, 7) is 14.0. The molecule has 0 aromatic heterocycles. The summed E-state index contributed by atoms with van der Waals surface area (Å²) in [4.78, 5) is 0. The molecular formula is C12H26S2. The second-order valence-corrected chi connectivity index (χ2v) is 8.73. The Bertz CT molecular complexity index is 132. The van der Waals surface area contributed by atoms with Crippen LogP contribution in [0, 0.1) is 0 Å². The fourth-order valence-electron chi connectivity index (χ4n) is 1.51. The molecule has 0 unspecified atom stereocenters. The van der Waals surface area contributed by atoms with Gasteiger partial charge in [0.05, 0.1) is 0 Å². The minimum Gasteiger partial charge on any atom is -0.0873 e. The van der Waals surface area contributed by atoms with E-state index in [-0.39, 0.29) is 0 Å². The van der Waals surface area contributed by atoms with Gasteiger partial charge in [0.15, 0.2) is 0 Å². The lowest BCUT2D eigenvalue weighted by atomic mass is 10.1. The molecule has 0 N–H and O–H groups in total. The molecule has 0 radical (unpaired) electrons. The predicted molar refractivity (Wildman–Crippen MR) is 73.2 cm³/mol. The summed E-state index contributed by atoms with van der Waals surface area (Å²) in [7, 11) is 4.13. The van der Waals surface area contributed by atoms with E-state index in [1.54, 1.807) is 0 Å². The Morgan fingerprint density at radius 2 is 1.00 bits per heavy atom. The Balaban J connectivity index is 3.90. The van der Waals surface area contributed by atoms with Crippen LogP contribution in [0.5, 0.6) is 0 Å². The third kappa shape index (κ3) is 7.05. The van der Waals surface area contributed by atoms with Gasteiger partial charge < -0.3 is 0 Å². The van der Waals surface area contributed by atoms with Gasteiger partial charge in [0.2, 0.25) is 0 Å². The largest absolute Gasteiger partial charge is 0.0873 e. The van der Waals surface area contributed by atoms with Crippen LogP contribution >= 0.6 is 21.6 Å². The van der Waals surface area contributed by atoms with Crippen molar-refractivity contribution in [3.05, 3.63) is 0 Å². The molecule has 0 aromatic carbocycles. The maximum absolute atomic E-state index is 2.36. The van der Waals surface area contributed by atoms with Gasteiger partial charge in [-0.25, -0.2) is 0 Å². The standard InChI is InChI=1S/C12H26S2/c1-7-9-11(3,4)13-14-12(5,6)10-8-2/h7-10H2,1-6H3. The number of rotatable bonds is 7. The summed E-state index contributed by atoms with van der Waals surface area (Å²) < 4.78 is 0.870. The van der Waals surface area contributed by atoms with Crippen molar-refractivity contribution >= 4 is 21.6 Å². The van der Waals surface area contributed by atoms with Crippen LogP contribution in [0.4, 0.5) is 0 Å². The van der Waals surface area contributed by atoms with E-state index in [2.05, 4.69) is 63.1 Å². The fourth-order valence-corrected chi connectivity index (χ4v) is 4.39. The Hall–Kier alpha value is 0.700. The summed E-state index contributed by atoms with van der Waals surface area (Å²) in [6.07, 6.45) is 5.20. The lowest BCUT2D eigenvalue weighted by Gasteiger charge is -2.29. The molecule has 0 aliphatic carbocycles. The molecule has 0 nitrogen and oxygen atoms in total. The molecule has 0 fully saturated rings. The highest BCUT2D eigenvalue weighted by Crippen LogP contribution is 2.46. The Labute approximate surface area is 98.4 Å². The second-order valence-electron chi connectivity index (χ2n) is 5.19. The lowest BCUT2D eigenvalue weighted by Crippen LogP contribution is -2.17. The van der Waals surface area contributed by atoms with Gasteiger partial charge >= 0.3 is 0 Å². The fraction of sp³-hybridized carbons (Fsp3) is 1.00. The molecule has 0 heterocycles. The zero-order valence-corrected chi connectivity index (χ0v) is 12.3. The average molecular weight is 234 g/mol. The van der Waals surface area contributed by atoms with Crippen LogP contribution in [0.3, 0.4) is 0 Å². The van der Waals surface area contributed by atoms with Crippen LogP contribution in [-0.2, 0) is 0 Å². The first-order chi connectivity index (χ1) is 6.33. The van der Waals surface area contributed by atoms with Crippen molar-refractivity contribution in [2.75, 3.05) is 0 Å². The van der Waals surface area contributed by atoms with Crippen LogP contribution < -0.4 is 0 Å². The van der Waals surface area contributed by atoms with Crippen LogP contribution in [0.2, 0.25) is 0 Å². The van der Waals surface area contributed by atoms with Gasteiger partial charge in [-0.2, -0.15) is 0 Å². The van der Waals surface area contributed by atoms with Crippen LogP contribution in [0.1, 0.15) is 67.2 Å². The molecule has 0 bridgehead atoms. The monoisotopic (exact) mass is 234 g/mol. The molecule has 0 aromatic rings. The minimum atomic E-state index is 0.435. The minimum absolute atomic E-state index is 0.435.